The third-order valence-corrected chi connectivity index (χ3v) is 18.4. The number of ether oxygens (including phenoxy) is 2. The number of fused-ring (bicyclic) bond motifs is 10. The first kappa shape index (κ1) is 48.2. The zero-order valence-corrected chi connectivity index (χ0v) is 41.3. The van der Waals surface area contributed by atoms with E-state index in [0.717, 1.165) is 91.9 Å². The van der Waals surface area contributed by atoms with Crippen LogP contribution in [0.25, 0.3) is 0 Å². The van der Waals surface area contributed by atoms with Gasteiger partial charge in [-0.05, 0) is 243 Å². The van der Waals surface area contributed by atoms with Gasteiger partial charge in [-0.15, -0.1) is 0 Å². The number of benzene rings is 2. The number of nitrogens with two attached hydrogens (primary N) is 1. The Bertz CT molecular complexity index is 1950. The van der Waals surface area contributed by atoms with E-state index in [1.807, 2.05) is 0 Å². The van der Waals surface area contributed by atoms with Crippen molar-refractivity contribution in [2.24, 2.45) is 40.2 Å². The SMILES string of the molecule is CN(C)CCCN(C)C1CCC2C3CCc4cc(OCCCN)ccc4C3CC[C@@]21C.COc1ccc2c(c1)CCC1C2CC[C@@]2(C)C1CC[C@@H]2NCCCCCCN1C(=O)C=CC1=O. The minimum absolute atomic E-state index is 0.161. The Balaban J connectivity index is 0.000000178. The van der Waals surface area contributed by atoms with Crippen LogP contribution in [0.2, 0.25) is 0 Å². The van der Waals surface area contributed by atoms with Crippen LogP contribution in [-0.4, -0.2) is 106 Å². The second-order valence-electron chi connectivity index (χ2n) is 22.2. The van der Waals surface area contributed by atoms with Gasteiger partial charge in [-0.25, -0.2) is 0 Å². The minimum Gasteiger partial charge on any atom is -0.497 e. The molecule has 9 heteroatoms. The Hall–Kier alpha value is -3.24. The lowest BCUT2D eigenvalue weighted by Crippen LogP contribution is -2.49. The number of imide groups is 1. The van der Waals surface area contributed by atoms with E-state index in [9.17, 15) is 9.59 Å². The molecule has 358 valence electrons. The van der Waals surface area contributed by atoms with Gasteiger partial charge in [0.05, 0.1) is 13.7 Å². The number of carbonyl (C=O) groups is 2. The number of nitrogens with zero attached hydrogens (tertiary/aromatic N) is 3. The normalized spacial score (nSPS) is 32.0. The molecule has 4 fully saturated rings. The van der Waals surface area contributed by atoms with Crippen LogP contribution in [0.15, 0.2) is 48.6 Å². The van der Waals surface area contributed by atoms with Crippen molar-refractivity contribution >= 4 is 11.8 Å². The van der Waals surface area contributed by atoms with Crippen molar-refractivity contribution in [3.8, 4) is 11.5 Å². The lowest BCUT2D eigenvalue weighted by molar-refractivity contribution is -0.136. The highest BCUT2D eigenvalue weighted by atomic mass is 16.5. The molecule has 0 aromatic heterocycles. The molecule has 3 N–H and O–H groups in total. The zero-order chi connectivity index (χ0) is 45.7. The predicted octanol–water partition coefficient (Wildman–Crippen LogP) is 9.52. The average Bonchev–Trinajstić information content (AvgIpc) is 3.95. The maximum Gasteiger partial charge on any atom is 0.253 e. The molecule has 1 heterocycles. The topological polar surface area (TPSA) is 100 Å². The van der Waals surface area contributed by atoms with E-state index in [1.54, 1.807) is 23.8 Å². The summed E-state index contributed by atoms with van der Waals surface area (Å²) in [6.07, 6.45) is 25.2. The van der Waals surface area contributed by atoms with Gasteiger partial charge in [0.2, 0.25) is 0 Å². The summed E-state index contributed by atoms with van der Waals surface area (Å²) >= 11 is 0. The van der Waals surface area contributed by atoms with Crippen LogP contribution in [0.3, 0.4) is 0 Å². The molecular formula is C56H85N5O4. The van der Waals surface area contributed by atoms with Gasteiger partial charge >= 0.3 is 0 Å². The number of rotatable bonds is 18. The summed E-state index contributed by atoms with van der Waals surface area (Å²) in [4.78, 5) is 29.6. The highest BCUT2D eigenvalue weighted by Gasteiger charge is 2.56. The number of aryl methyl sites for hydroxylation is 2. The number of hydrogen-bond acceptors (Lipinski definition) is 8. The predicted molar refractivity (Wildman–Crippen MR) is 264 cm³/mol. The van der Waals surface area contributed by atoms with Crippen LogP contribution in [0.1, 0.15) is 151 Å². The first-order chi connectivity index (χ1) is 31.4. The molecule has 1 aliphatic heterocycles. The second kappa shape index (κ2) is 21.4. The molecule has 0 bridgehead atoms. The van der Waals surface area contributed by atoms with Crippen LogP contribution < -0.4 is 20.5 Å². The van der Waals surface area contributed by atoms with E-state index in [4.69, 9.17) is 15.2 Å². The quantitative estimate of drug-likeness (QED) is 0.113. The molecule has 2 amide bonds. The molecule has 0 saturated heterocycles. The zero-order valence-electron chi connectivity index (χ0n) is 41.3. The van der Waals surface area contributed by atoms with Gasteiger partial charge in [-0.3, -0.25) is 14.5 Å². The highest BCUT2D eigenvalue weighted by Crippen LogP contribution is 2.63. The second-order valence-corrected chi connectivity index (χ2v) is 22.2. The molecule has 0 radical (unpaired) electrons. The van der Waals surface area contributed by atoms with Crippen LogP contribution in [-0.2, 0) is 22.4 Å². The third kappa shape index (κ3) is 10.3. The summed E-state index contributed by atoms with van der Waals surface area (Å²) in [5, 5.41) is 3.95. The number of nitrogens with one attached hydrogen (secondary N) is 1. The Kier molecular flexibility index (Phi) is 15.9. The van der Waals surface area contributed by atoms with Gasteiger partial charge in [-0.1, -0.05) is 38.8 Å². The van der Waals surface area contributed by atoms with E-state index in [0.29, 0.717) is 30.0 Å². The summed E-state index contributed by atoms with van der Waals surface area (Å²) in [6, 6.07) is 15.1. The molecule has 9 nitrogen and oxygen atoms in total. The molecule has 10 atom stereocenters. The maximum atomic E-state index is 11.6. The first-order valence-electron chi connectivity index (χ1n) is 26.2. The minimum atomic E-state index is -0.161. The summed E-state index contributed by atoms with van der Waals surface area (Å²) in [5.41, 5.74) is 12.8. The fourth-order valence-electron chi connectivity index (χ4n) is 15.1. The van der Waals surface area contributed by atoms with Gasteiger partial charge in [-0.2, -0.15) is 0 Å². The van der Waals surface area contributed by atoms with E-state index in [1.165, 1.54) is 126 Å². The fourth-order valence-corrected chi connectivity index (χ4v) is 15.1. The highest BCUT2D eigenvalue weighted by molar-refractivity contribution is 6.12. The Labute approximate surface area is 393 Å². The van der Waals surface area contributed by atoms with Crippen molar-refractivity contribution in [2.45, 2.75) is 153 Å². The molecule has 4 saturated carbocycles. The van der Waals surface area contributed by atoms with Gasteiger partial charge < -0.3 is 30.3 Å². The standard InChI is InChI=1S/C29H40N2O3.C27H45N3O/c1-29-16-15-23-22-10-8-21(34-2)19-20(22)7-9-24(23)25(29)11-12-26(29)30-17-5-3-4-6-18-31-27(32)13-14-28(31)33;1-27-14-13-23-22-10-8-21(31-18-5-15-28)19-20(22)7-9-24(23)25(27)11-12-26(27)30(4)17-6-16-29(2)3/h8,10,13-14,19,23-26,30H,3-7,9,11-12,15-18H2,1-2H3;8,10,19,23-26H,5-7,9,11-18,28H2,1-4H3/t23?,24?,25?,26-,29-;23?,24?,25?,26?,27-/m00/s1. The van der Waals surface area contributed by atoms with Crippen molar-refractivity contribution in [1.29, 1.82) is 0 Å². The van der Waals surface area contributed by atoms with Gasteiger partial charge in [0, 0.05) is 30.8 Å². The number of methoxy groups -OCH3 is 1. The lowest BCUT2D eigenvalue weighted by Gasteiger charge is -2.52. The van der Waals surface area contributed by atoms with Crippen molar-refractivity contribution in [3.05, 3.63) is 70.8 Å². The van der Waals surface area contributed by atoms with Crippen LogP contribution in [0, 0.1) is 34.5 Å². The Morgan fingerprint density at radius 1 is 0.708 bits per heavy atom. The van der Waals surface area contributed by atoms with Crippen LogP contribution in [0.5, 0.6) is 11.5 Å². The van der Waals surface area contributed by atoms with Crippen molar-refractivity contribution in [1.82, 2.24) is 20.0 Å². The van der Waals surface area contributed by atoms with Crippen molar-refractivity contribution in [2.75, 3.05) is 67.6 Å². The Morgan fingerprint density at radius 2 is 1.32 bits per heavy atom. The number of unbranched alkanes of at least 4 members (excludes halogenated alkanes) is 3. The van der Waals surface area contributed by atoms with E-state index in [-0.39, 0.29) is 11.8 Å². The summed E-state index contributed by atoms with van der Waals surface area (Å²) in [6.45, 7) is 10.7. The van der Waals surface area contributed by atoms with Crippen LogP contribution in [0.4, 0.5) is 0 Å². The maximum absolute atomic E-state index is 11.6. The molecule has 7 aliphatic rings. The largest absolute Gasteiger partial charge is 0.497 e. The van der Waals surface area contributed by atoms with Gasteiger partial charge in [0.15, 0.2) is 0 Å². The molecule has 0 spiro atoms. The van der Waals surface area contributed by atoms with E-state index < -0.39 is 0 Å². The van der Waals surface area contributed by atoms with Gasteiger partial charge in [0.1, 0.15) is 11.5 Å². The average molecular weight is 892 g/mol. The molecule has 9 rings (SSSR count). The monoisotopic (exact) mass is 892 g/mol. The molecule has 2 aromatic carbocycles. The van der Waals surface area contributed by atoms with Crippen molar-refractivity contribution < 1.29 is 19.1 Å². The smallest absolute Gasteiger partial charge is 0.253 e. The van der Waals surface area contributed by atoms with Crippen molar-refractivity contribution in [3.63, 3.8) is 0 Å². The first-order valence-corrected chi connectivity index (χ1v) is 26.2. The third-order valence-electron chi connectivity index (χ3n) is 18.4. The molecule has 2 aromatic rings. The number of amides is 2. The lowest BCUT2D eigenvalue weighted by atomic mass is 9.55. The summed E-state index contributed by atoms with van der Waals surface area (Å²) < 4.78 is 11.4. The Morgan fingerprint density at radius 3 is 1.98 bits per heavy atom. The molecular weight excluding hydrogens is 807 g/mol. The fraction of sp³-hybridized carbons (Fsp3) is 0.714. The van der Waals surface area contributed by atoms with Gasteiger partial charge in [0.25, 0.3) is 11.8 Å². The molecule has 6 aliphatic carbocycles. The van der Waals surface area contributed by atoms with Crippen LogP contribution >= 0.6 is 0 Å². The summed E-state index contributed by atoms with van der Waals surface area (Å²) in [5.74, 6) is 6.63. The molecule has 7 unspecified atom stereocenters. The number of hydrogen-bond donors (Lipinski definition) is 2. The molecule has 65 heavy (non-hydrogen) atoms. The summed E-state index contributed by atoms with van der Waals surface area (Å²) in [7, 11) is 8.53. The number of carbonyl (C=O) groups excluding carboxylic acids is 2. The van der Waals surface area contributed by atoms with E-state index >= 15 is 0 Å². The van der Waals surface area contributed by atoms with E-state index in [2.05, 4.69) is 86.5 Å².